The molecule has 6 heteroatoms. The van der Waals surface area contributed by atoms with Crippen LogP contribution in [0.25, 0.3) is 16.6 Å². The average molecular weight is 406 g/mol. The van der Waals surface area contributed by atoms with Crippen molar-refractivity contribution in [2.75, 3.05) is 6.61 Å². The molecule has 0 spiro atoms. The summed E-state index contributed by atoms with van der Waals surface area (Å²) in [6.07, 6.45) is 0. The number of halogens is 1. The van der Waals surface area contributed by atoms with Gasteiger partial charge in [0.2, 0.25) is 0 Å². The molecule has 0 aliphatic carbocycles. The van der Waals surface area contributed by atoms with E-state index in [-0.39, 0.29) is 11.4 Å². The number of thioether (sulfide) groups is 1. The third-order valence-electron chi connectivity index (χ3n) is 4.43. The summed E-state index contributed by atoms with van der Waals surface area (Å²) in [6.45, 7) is 2.51. The Kier molecular flexibility index (Phi) is 5.62. The summed E-state index contributed by atoms with van der Waals surface area (Å²) in [6, 6.07) is 21.0. The lowest BCUT2D eigenvalue weighted by molar-refractivity contribution is 0.340. The van der Waals surface area contributed by atoms with Gasteiger partial charge in [-0.05, 0) is 61.0 Å². The molecule has 29 heavy (non-hydrogen) atoms. The molecule has 0 amide bonds. The maximum Gasteiger partial charge on any atom is 0.266 e. The molecule has 1 aromatic heterocycles. The highest BCUT2D eigenvalue weighted by molar-refractivity contribution is 7.98. The van der Waals surface area contributed by atoms with Gasteiger partial charge in [0, 0.05) is 5.75 Å². The van der Waals surface area contributed by atoms with Crippen LogP contribution in [0.4, 0.5) is 4.39 Å². The monoisotopic (exact) mass is 406 g/mol. The molecule has 0 saturated heterocycles. The lowest BCUT2D eigenvalue weighted by atomic mass is 10.2. The van der Waals surface area contributed by atoms with Crippen molar-refractivity contribution in [2.45, 2.75) is 17.8 Å². The molecular formula is C23H19FN2O2S. The number of aromatic nitrogens is 2. The fourth-order valence-corrected chi connectivity index (χ4v) is 3.99. The fourth-order valence-electron chi connectivity index (χ4n) is 3.02. The predicted molar refractivity (Wildman–Crippen MR) is 114 cm³/mol. The number of benzene rings is 3. The van der Waals surface area contributed by atoms with E-state index in [9.17, 15) is 9.18 Å². The van der Waals surface area contributed by atoms with Crippen molar-refractivity contribution in [1.29, 1.82) is 0 Å². The Morgan fingerprint density at radius 1 is 1.00 bits per heavy atom. The summed E-state index contributed by atoms with van der Waals surface area (Å²) in [5.74, 6) is 1.05. The van der Waals surface area contributed by atoms with Crippen LogP contribution in [0.2, 0.25) is 0 Å². The zero-order valence-electron chi connectivity index (χ0n) is 15.8. The first kappa shape index (κ1) is 19.2. The van der Waals surface area contributed by atoms with Crippen LogP contribution in [0, 0.1) is 5.82 Å². The van der Waals surface area contributed by atoms with Gasteiger partial charge in [0.05, 0.1) is 23.2 Å². The summed E-state index contributed by atoms with van der Waals surface area (Å²) in [5, 5.41) is 1.15. The van der Waals surface area contributed by atoms with E-state index in [0.29, 0.717) is 28.4 Å². The van der Waals surface area contributed by atoms with Crippen LogP contribution in [0.15, 0.2) is 82.7 Å². The molecule has 0 bridgehead atoms. The molecule has 3 aromatic carbocycles. The highest BCUT2D eigenvalue weighted by Crippen LogP contribution is 2.25. The zero-order chi connectivity index (χ0) is 20.2. The van der Waals surface area contributed by atoms with Gasteiger partial charge in [-0.2, -0.15) is 0 Å². The van der Waals surface area contributed by atoms with Gasteiger partial charge in [-0.25, -0.2) is 9.37 Å². The van der Waals surface area contributed by atoms with Crippen molar-refractivity contribution in [3.05, 3.63) is 94.5 Å². The molecule has 0 aliphatic rings. The molecule has 146 valence electrons. The minimum Gasteiger partial charge on any atom is -0.494 e. The first-order chi connectivity index (χ1) is 14.2. The molecule has 0 N–H and O–H groups in total. The zero-order valence-corrected chi connectivity index (χ0v) is 16.7. The number of hydrogen-bond donors (Lipinski definition) is 0. The second-order valence-corrected chi connectivity index (χ2v) is 7.34. The van der Waals surface area contributed by atoms with Crippen molar-refractivity contribution < 1.29 is 9.13 Å². The molecule has 0 fully saturated rings. The lowest BCUT2D eigenvalue weighted by Gasteiger charge is -2.14. The van der Waals surface area contributed by atoms with Gasteiger partial charge in [-0.1, -0.05) is 36.0 Å². The van der Waals surface area contributed by atoms with Crippen LogP contribution < -0.4 is 10.3 Å². The van der Waals surface area contributed by atoms with Crippen molar-refractivity contribution in [3.63, 3.8) is 0 Å². The maximum atomic E-state index is 13.2. The van der Waals surface area contributed by atoms with E-state index in [1.54, 1.807) is 22.8 Å². The highest BCUT2D eigenvalue weighted by Gasteiger charge is 2.13. The Morgan fingerprint density at radius 2 is 1.72 bits per heavy atom. The summed E-state index contributed by atoms with van der Waals surface area (Å²) in [4.78, 5) is 18.0. The van der Waals surface area contributed by atoms with Gasteiger partial charge in [-0.3, -0.25) is 9.36 Å². The first-order valence-electron chi connectivity index (χ1n) is 9.28. The molecule has 0 aliphatic heterocycles. The van der Waals surface area contributed by atoms with E-state index in [1.165, 1.54) is 23.9 Å². The van der Waals surface area contributed by atoms with Gasteiger partial charge in [0.1, 0.15) is 11.6 Å². The average Bonchev–Trinajstić information content (AvgIpc) is 2.75. The molecule has 4 aromatic rings. The third kappa shape index (κ3) is 4.17. The minimum atomic E-state index is -0.270. The van der Waals surface area contributed by atoms with E-state index in [2.05, 4.69) is 0 Å². The number of nitrogens with zero attached hydrogens (tertiary/aromatic N) is 2. The SMILES string of the molecule is CCOc1ccc(-n2c(SCc3ccc(F)cc3)nc3ccccc3c2=O)cc1. The van der Waals surface area contributed by atoms with Crippen molar-refractivity contribution in [3.8, 4) is 11.4 Å². The molecule has 4 rings (SSSR count). The lowest BCUT2D eigenvalue weighted by Crippen LogP contribution is -2.21. The Labute approximate surface area is 172 Å². The summed E-state index contributed by atoms with van der Waals surface area (Å²) >= 11 is 1.44. The Balaban J connectivity index is 1.77. The second kappa shape index (κ2) is 8.49. The summed E-state index contributed by atoms with van der Waals surface area (Å²) in [5.41, 5.74) is 2.21. The number of ether oxygens (including phenoxy) is 1. The minimum absolute atomic E-state index is 0.124. The molecule has 0 unspecified atom stereocenters. The standard InChI is InChI=1S/C23H19FN2O2S/c1-2-28-19-13-11-18(12-14-19)26-22(27)20-5-3-4-6-21(20)25-23(26)29-15-16-7-9-17(24)10-8-16/h3-14H,2,15H2,1H3. The van der Waals surface area contributed by atoms with E-state index >= 15 is 0 Å². The van der Waals surface area contributed by atoms with Crippen LogP contribution >= 0.6 is 11.8 Å². The van der Waals surface area contributed by atoms with E-state index in [0.717, 1.165) is 17.0 Å². The smallest absolute Gasteiger partial charge is 0.266 e. The van der Waals surface area contributed by atoms with Crippen molar-refractivity contribution in [1.82, 2.24) is 9.55 Å². The Hall–Kier alpha value is -3.12. The topological polar surface area (TPSA) is 44.1 Å². The Bertz CT molecular complexity index is 1190. The number of rotatable bonds is 6. The van der Waals surface area contributed by atoms with Crippen LogP contribution in [0.1, 0.15) is 12.5 Å². The van der Waals surface area contributed by atoms with E-state index in [1.807, 2.05) is 49.4 Å². The first-order valence-corrected chi connectivity index (χ1v) is 10.3. The quantitative estimate of drug-likeness (QED) is 0.325. The normalized spacial score (nSPS) is 11.0. The number of hydrogen-bond acceptors (Lipinski definition) is 4. The highest BCUT2D eigenvalue weighted by atomic mass is 32.2. The molecule has 0 radical (unpaired) electrons. The van der Waals surface area contributed by atoms with Crippen molar-refractivity contribution in [2.24, 2.45) is 0 Å². The van der Waals surface area contributed by atoms with Gasteiger partial charge in [0.25, 0.3) is 5.56 Å². The van der Waals surface area contributed by atoms with Gasteiger partial charge >= 0.3 is 0 Å². The van der Waals surface area contributed by atoms with Gasteiger partial charge in [-0.15, -0.1) is 0 Å². The van der Waals surface area contributed by atoms with Crippen LogP contribution in [-0.4, -0.2) is 16.2 Å². The summed E-state index contributed by atoms with van der Waals surface area (Å²) in [7, 11) is 0. The Morgan fingerprint density at radius 3 is 2.45 bits per heavy atom. The predicted octanol–water partition coefficient (Wildman–Crippen LogP) is 5.22. The maximum absolute atomic E-state index is 13.2. The van der Waals surface area contributed by atoms with E-state index in [4.69, 9.17) is 9.72 Å². The second-order valence-electron chi connectivity index (χ2n) is 6.39. The molecule has 1 heterocycles. The number of fused-ring (bicyclic) bond motifs is 1. The molecule has 4 nitrogen and oxygen atoms in total. The van der Waals surface area contributed by atoms with Crippen LogP contribution in [0.5, 0.6) is 5.75 Å². The molecule has 0 atom stereocenters. The van der Waals surface area contributed by atoms with Gasteiger partial charge < -0.3 is 4.74 Å². The number of para-hydroxylation sites is 1. The van der Waals surface area contributed by atoms with Crippen molar-refractivity contribution >= 4 is 22.7 Å². The van der Waals surface area contributed by atoms with E-state index < -0.39 is 0 Å². The molecular weight excluding hydrogens is 387 g/mol. The van der Waals surface area contributed by atoms with Crippen LogP contribution in [0.3, 0.4) is 0 Å². The fraction of sp³-hybridized carbons (Fsp3) is 0.130. The largest absolute Gasteiger partial charge is 0.494 e. The third-order valence-corrected chi connectivity index (χ3v) is 5.44. The summed E-state index contributed by atoms with van der Waals surface area (Å²) < 4.78 is 20.3. The van der Waals surface area contributed by atoms with Crippen LogP contribution in [-0.2, 0) is 5.75 Å². The molecule has 0 saturated carbocycles. The van der Waals surface area contributed by atoms with Gasteiger partial charge in [0.15, 0.2) is 5.16 Å².